The summed E-state index contributed by atoms with van der Waals surface area (Å²) in [6.45, 7) is 1.80. The summed E-state index contributed by atoms with van der Waals surface area (Å²) in [7, 11) is 2.46. The van der Waals surface area contributed by atoms with E-state index in [9.17, 15) is 33.2 Å². The third kappa shape index (κ3) is 10.1. The maximum absolute atomic E-state index is 13.0. The second-order valence-corrected chi connectivity index (χ2v) is 12.6. The molecule has 5 heterocycles. The van der Waals surface area contributed by atoms with Gasteiger partial charge in [0.05, 0.1) is 20.8 Å². The number of hydrogen-bond acceptors (Lipinski definition) is 11. The van der Waals surface area contributed by atoms with E-state index in [4.69, 9.17) is 14.6 Å². The van der Waals surface area contributed by atoms with Gasteiger partial charge in [0.1, 0.15) is 35.0 Å². The van der Waals surface area contributed by atoms with Gasteiger partial charge in [0.15, 0.2) is 0 Å². The lowest BCUT2D eigenvalue weighted by atomic mass is 9.94. The zero-order valence-electron chi connectivity index (χ0n) is 29.5. The smallest absolute Gasteiger partial charge is 0.328 e. The second kappa shape index (κ2) is 17.9. The number of esters is 2. The van der Waals surface area contributed by atoms with Crippen LogP contribution in [0.3, 0.4) is 0 Å². The van der Waals surface area contributed by atoms with E-state index in [1.54, 1.807) is 41.4 Å². The van der Waals surface area contributed by atoms with Crippen LogP contribution < -0.4 is 15.4 Å². The Bertz CT molecular complexity index is 1980. The molecule has 0 saturated carbocycles. The highest BCUT2D eigenvalue weighted by Crippen LogP contribution is 2.27. The second-order valence-electron chi connectivity index (χ2n) is 12.6. The van der Waals surface area contributed by atoms with Crippen molar-refractivity contribution in [3.8, 4) is 5.75 Å². The van der Waals surface area contributed by atoms with E-state index in [-0.39, 0.29) is 24.6 Å². The fourth-order valence-electron chi connectivity index (χ4n) is 5.98. The number of carbonyl (C=O) groups is 6. The van der Waals surface area contributed by atoms with E-state index in [0.717, 1.165) is 18.9 Å². The first-order valence-corrected chi connectivity index (χ1v) is 17.0. The average molecular weight is 744 g/mol. The number of piperidine rings is 1. The molecule has 2 unspecified atom stereocenters. The van der Waals surface area contributed by atoms with E-state index in [0.29, 0.717) is 65.3 Å². The molecule has 3 aliphatic rings. The van der Waals surface area contributed by atoms with Crippen LogP contribution >= 0.6 is 0 Å². The Morgan fingerprint density at radius 2 is 1.33 bits per heavy atom. The van der Waals surface area contributed by atoms with Crippen LogP contribution in [0.25, 0.3) is 12.2 Å². The summed E-state index contributed by atoms with van der Waals surface area (Å²) in [4.78, 5) is 80.2. The number of hydrogen-bond donors (Lipinski definition) is 3. The Kier molecular flexibility index (Phi) is 12.8. The normalized spacial score (nSPS) is 18.0. The molecule has 3 amide bonds. The number of methoxy groups -OCH3 is 2. The van der Waals surface area contributed by atoms with Crippen molar-refractivity contribution < 1.29 is 52.5 Å². The number of nitrogens with zero attached hydrogens (tertiary/aromatic N) is 3. The minimum absolute atomic E-state index is 0.0867. The number of rotatable bonds is 9. The highest BCUT2D eigenvalue weighted by atomic mass is 19.1. The standard InChI is InChI=1S/C25H26FN3O5.C13H12N2O5/c1-33-25(32)21-13-18-12-17(14-27-23(18)28-24(21)31)2-7-22(30)29-10-8-16(9-11-29)15-34-20-5-3-19(26)4-6-20;1-20-13(19)9-5-8-4-7(2-3-10(16)17)6-14-11(8)15-12(9)18/h2-7,12,14,16,21H,8-11,13,15H2,1H3,(H,27,28,31);2-4,6,9H,5H2,1H3,(H,16,17)(H,14,15,18)/b7-2+;3-2+. The summed E-state index contributed by atoms with van der Waals surface area (Å²) < 4.78 is 28.0. The third-order valence-corrected chi connectivity index (χ3v) is 8.97. The molecule has 0 radical (unpaired) electrons. The number of carbonyl (C=O) groups excluding carboxylic acids is 5. The molecule has 2 aromatic heterocycles. The van der Waals surface area contributed by atoms with Crippen molar-refractivity contribution in [2.24, 2.45) is 17.8 Å². The summed E-state index contributed by atoms with van der Waals surface area (Å²) in [5, 5.41) is 13.7. The van der Waals surface area contributed by atoms with Gasteiger partial charge in [0.25, 0.3) is 0 Å². The van der Waals surface area contributed by atoms with E-state index in [2.05, 4.69) is 25.3 Å². The Balaban J connectivity index is 0.000000239. The number of anilines is 2. The van der Waals surface area contributed by atoms with Crippen LogP contribution in [0.4, 0.5) is 16.0 Å². The highest BCUT2D eigenvalue weighted by molar-refractivity contribution is 6.07. The summed E-state index contributed by atoms with van der Waals surface area (Å²) in [5.41, 5.74) is 2.65. The van der Waals surface area contributed by atoms with Gasteiger partial charge in [0.2, 0.25) is 17.7 Å². The predicted molar refractivity (Wildman–Crippen MR) is 191 cm³/mol. The number of fused-ring (bicyclic) bond motifs is 2. The van der Waals surface area contributed by atoms with Crippen LogP contribution in [0.15, 0.2) is 60.9 Å². The fourth-order valence-corrected chi connectivity index (χ4v) is 5.98. The fraction of sp³-hybridized carbons (Fsp3) is 0.316. The highest BCUT2D eigenvalue weighted by Gasteiger charge is 2.34. The summed E-state index contributed by atoms with van der Waals surface area (Å²) in [5.74, 6) is -3.59. The number of amides is 3. The zero-order valence-corrected chi connectivity index (χ0v) is 29.5. The predicted octanol–water partition coefficient (Wildman–Crippen LogP) is 3.30. The van der Waals surface area contributed by atoms with Crippen molar-refractivity contribution in [1.29, 1.82) is 0 Å². The van der Waals surface area contributed by atoms with Crippen LogP contribution in [0.5, 0.6) is 5.75 Å². The van der Waals surface area contributed by atoms with Crippen molar-refractivity contribution in [3.05, 3.63) is 89.0 Å². The number of nitrogens with one attached hydrogen (secondary N) is 2. The van der Waals surface area contributed by atoms with Gasteiger partial charge in [-0.25, -0.2) is 19.2 Å². The molecule has 1 saturated heterocycles. The van der Waals surface area contributed by atoms with E-state index >= 15 is 0 Å². The van der Waals surface area contributed by atoms with E-state index < -0.39 is 41.6 Å². The van der Waals surface area contributed by atoms with Crippen molar-refractivity contribution >= 4 is 59.4 Å². The Labute approximate surface area is 309 Å². The van der Waals surface area contributed by atoms with Gasteiger partial charge in [-0.05, 0) is 102 Å². The van der Waals surface area contributed by atoms with Gasteiger partial charge in [-0.2, -0.15) is 0 Å². The number of carboxylic acids is 1. The molecule has 0 bridgehead atoms. The Morgan fingerprint density at radius 3 is 1.81 bits per heavy atom. The van der Waals surface area contributed by atoms with E-state index in [1.165, 1.54) is 44.7 Å². The number of ether oxygens (including phenoxy) is 3. The van der Waals surface area contributed by atoms with Crippen molar-refractivity contribution in [1.82, 2.24) is 14.9 Å². The zero-order chi connectivity index (χ0) is 38.8. The van der Waals surface area contributed by atoms with Crippen molar-refractivity contribution in [2.75, 3.05) is 44.5 Å². The number of aliphatic carboxylic acids is 1. The van der Waals surface area contributed by atoms with Crippen LogP contribution in [-0.4, -0.2) is 89.5 Å². The Hall–Kier alpha value is -6.45. The maximum atomic E-state index is 13.0. The van der Waals surface area contributed by atoms with Crippen molar-refractivity contribution in [2.45, 2.75) is 25.7 Å². The molecule has 282 valence electrons. The molecule has 2 atom stereocenters. The topological polar surface area (TPSA) is 203 Å². The molecule has 0 spiro atoms. The monoisotopic (exact) mass is 743 g/mol. The van der Waals surface area contributed by atoms with Gasteiger partial charge in [-0.15, -0.1) is 0 Å². The average Bonchev–Trinajstić information content (AvgIpc) is 3.18. The molecule has 1 aromatic carbocycles. The molecule has 3 aliphatic heterocycles. The Morgan fingerprint density at radius 1 is 0.833 bits per heavy atom. The van der Waals surface area contributed by atoms with Gasteiger partial charge < -0.3 is 34.9 Å². The molecule has 15 nitrogen and oxygen atoms in total. The number of pyridine rings is 2. The summed E-state index contributed by atoms with van der Waals surface area (Å²) in [6, 6.07) is 9.44. The third-order valence-electron chi connectivity index (χ3n) is 8.97. The maximum Gasteiger partial charge on any atom is 0.328 e. The number of aromatic nitrogens is 2. The lowest BCUT2D eigenvalue weighted by Gasteiger charge is -2.31. The lowest BCUT2D eigenvalue weighted by Crippen LogP contribution is -2.38. The van der Waals surface area contributed by atoms with Gasteiger partial charge >= 0.3 is 17.9 Å². The number of likely N-dealkylation sites (tertiary alicyclic amines) is 1. The van der Waals surface area contributed by atoms with Crippen molar-refractivity contribution in [3.63, 3.8) is 0 Å². The molecule has 16 heteroatoms. The molecule has 3 N–H and O–H groups in total. The van der Waals surface area contributed by atoms with Crippen LogP contribution in [0.2, 0.25) is 0 Å². The first kappa shape index (κ1) is 38.8. The molecule has 54 heavy (non-hydrogen) atoms. The SMILES string of the molecule is COC(=O)C1Cc2cc(/C=C/C(=O)N3CCC(COc4ccc(F)cc4)CC3)cnc2NC1=O.COC(=O)C1Cc2cc(/C=C/C(=O)O)cnc2NC1=O. The van der Waals surface area contributed by atoms with Crippen LogP contribution in [0, 0.1) is 23.6 Å². The molecule has 0 aliphatic carbocycles. The van der Waals surface area contributed by atoms with Gasteiger partial charge in [-0.1, -0.05) is 0 Å². The van der Waals surface area contributed by atoms with Crippen LogP contribution in [-0.2, 0) is 51.1 Å². The van der Waals surface area contributed by atoms with Crippen LogP contribution in [0.1, 0.15) is 35.1 Å². The molecule has 1 fully saturated rings. The molecule has 3 aromatic rings. The van der Waals surface area contributed by atoms with E-state index in [1.807, 2.05) is 0 Å². The number of halogens is 1. The largest absolute Gasteiger partial charge is 0.493 e. The first-order chi connectivity index (χ1) is 25.9. The number of carboxylic acid groups (broad SMARTS) is 1. The van der Waals surface area contributed by atoms with Gasteiger partial charge in [-0.3, -0.25) is 24.0 Å². The first-order valence-electron chi connectivity index (χ1n) is 17.0. The minimum Gasteiger partial charge on any atom is -0.493 e. The number of benzene rings is 1. The minimum atomic E-state index is -1.07. The van der Waals surface area contributed by atoms with Gasteiger partial charge in [0, 0.05) is 37.6 Å². The molecular weight excluding hydrogens is 705 g/mol. The quantitative estimate of drug-likeness (QED) is 0.164. The lowest BCUT2D eigenvalue weighted by molar-refractivity contribution is -0.150. The summed E-state index contributed by atoms with van der Waals surface area (Å²) in [6.07, 6.45) is 10.6. The summed E-state index contributed by atoms with van der Waals surface area (Å²) >= 11 is 0. The molecule has 6 rings (SSSR count). The molecular formula is C38H38FN5O10.